The molecule has 0 bridgehead atoms. The Hall–Kier alpha value is -2.82. The highest BCUT2D eigenvalue weighted by atomic mass is 16.5. The number of para-hydroxylation sites is 2. The summed E-state index contributed by atoms with van der Waals surface area (Å²) in [5, 5.41) is 0. The highest BCUT2D eigenvalue weighted by molar-refractivity contribution is 5.81. The van der Waals surface area contributed by atoms with Crippen molar-refractivity contribution in [1.82, 2.24) is 9.88 Å². The van der Waals surface area contributed by atoms with Gasteiger partial charge in [-0.3, -0.25) is 4.79 Å². The van der Waals surface area contributed by atoms with Gasteiger partial charge in [-0.1, -0.05) is 31.2 Å². The number of fused-ring (bicyclic) bond motifs is 1. The van der Waals surface area contributed by atoms with Gasteiger partial charge >= 0.3 is 0 Å². The van der Waals surface area contributed by atoms with E-state index in [1.54, 1.807) is 0 Å². The molecule has 1 saturated heterocycles. The van der Waals surface area contributed by atoms with E-state index < -0.39 is 6.10 Å². The lowest BCUT2D eigenvalue weighted by Gasteiger charge is -2.32. The van der Waals surface area contributed by atoms with Gasteiger partial charge in [0.15, 0.2) is 17.6 Å². The van der Waals surface area contributed by atoms with Crippen molar-refractivity contribution in [3.63, 3.8) is 0 Å². The Kier molecular flexibility index (Phi) is 5.33. The second kappa shape index (κ2) is 8.05. The number of amides is 1. The monoisotopic (exact) mass is 378 g/mol. The summed E-state index contributed by atoms with van der Waals surface area (Å²) in [5.74, 6) is 1.82. The number of hydrogen-bond acceptors (Lipinski definition) is 4. The second-order valence-corrected chi connectivity index (χ2v) is 7.38. The standard InChI is InChI=1S/C23H26N2O3/c1-3-17-8-10-19(11-9-17)27-16(2)23(26)25-14-12-18(13-15-25)22-24-20-6-4-5-7-21(20)28-22/h4-11,16,18H,3,12-15H2,1-2H3/t16-/m0/s1. The Morgan fingerprint density at radius 3 is 2.57 bits per heavy atom. The molecule has 146 valence electrons. The van der Waals surface area contributed by atoms with Crippen LogP contribution in [0.2, 0.25) is 0 Å². The lowest BCUT2D eigenvalue weighted by atomic mass is 9.96. The number of piperidine rings is 1. The SMILES string of the molecule is CCc1ccc(O[C@@H](C)C(=O)N2CCC(c3nc4ccccc4o3)CC2)cc1. The number of benzene rings is 2. The Balaban J connectivity index is 1.33. The first kappa shape index (κ1) is 18.5. The minimum atomic E-state index is -0.492. The number of aromatic nitrogens is 1. The first-order valence-corrected chi connectivity index (χ1v) is 10.0. The first-order chi connectivity index (χ1) is 13.6. The van der Waals surface area contributed by atoms with Crippen LogP contribution in [-0.2, 0) is 11.2 Å². The smallest absolute Gasteiger partial charge is 0.263 e. The van der Waals surface area contributed by atoms with Crippen molar-refractivity contribution in [3.8, 4) is 5.75 Å². The van der Waals surface area contributed by atoms with E-state index in [9.17, 15) is 4.79 Å². The van der Waals surface area contributed by atoms with E-state index >= 15 is 0 Å². The summed E-state index contributed by atoms with van der Waals surface area (Å²) in [6.07, 6.45) is 2.21. The van der Waals surface area contributed by atoms with Gasteiger partial charge < -0.3 is 14.1 Å². The largest absolute Gasteiger partial charge is 0.481 e. The van der Waals surface area contributed by atoms with E-state index in [1.165, 1.54) is 5.56 Å². The lowest BCUT2D eigenvalue weighted by molar-refractivity contribution is -0.139. The molecule has 4 rings (SSSR count). The third-order valence-corrected chi connectivity index (χ3v) is 5.46. The molecule has 1 aromatic heterocycles. The van der Waals surface area contributed by atoms with Crippen molar-refractivity contribution in [2.45, 2.75) is 45.1 Å². The predicted molar refractivity (Wildman–Crippen MR) is 108 cm³/mol. The van der Waals surface area contributed by atoms with Crippen molar-refractivity contribution < 1.29 is 13.9 Å². The highest BCUT2D eigenvalue weighted by Gasteiger charge is 2.29. The van der Waals surface area contributed by atoms with Gasteiger partial charge in [-0.25, -0.2) is 4.98 Å². The number of nitrogens with zero attached hydrogens (tertiary/aromatic N) is 2. The van der Waals surface area contributed by atoms with Crippen LogP contribution in [0.25, 0.3) is 11.1 Å². The third-order valence-electron chi connectivity index (χ3n) is 5.46. The van der Waals surface area contributed by atoms with Gasteiger partial charge in [-0.2, -0.15) is 0 Å². The van der Waals surface area contributed by atoms with Crippen LogP contribution in [0, 0.1) is 0 Å². The summed E-state index contributed by atoms with van der Waals surface area (Å²) >= 11 is 0. The molecule has 2 heterocycles. The Labute approximate surface area is 165 Å². The Morgan fingerprint density at radius 1 is 1.18 bits per heavy atom. The molecular formula is C23H26N2O3. The number of carbonyl (C=O) groups is 1. The number of aryl methyl sites for hydroxylation is 1. The van der Waals surface area contributed by atoms with Gasteiger partial charge in [0.2, 0.25) is 0 Å². The maximum atomic E-state index is 12.8. The molecule has 1 fully saturated rings. The number of likely N-dealkylation sites (tertiary alicyclic amines) is 1. The maximum absolute atomic E-state index is 12.8. The van der Waals surface area contributed by atoms with Crippen LogP contribution >= 0.6 is 0 Å². The zero-order valence-corrected chi connectivity index (χ0v) is 16.4. The summed E-state index contributed by atoms with van der Waals surface area (Å²) in [6.45, 7) is 5.34. The lowest BCUT2D eigenvalue weighted by Crippen LogP contribution is -2.44. The van der Waals surface area contributed by atoms with Gasteiger partial charge in [0.05, 0.1) is 0 Å². The normalized spacial score (nSPS) is 16.3. The van der Waals surface area contributed by atoms with E-state index in [0.29, 0.717) is 13.1 Å². The number of oxazole rings is 1. The fourth-order valence-electron chi connectivity index (χ4n) is 3.73. The summed E-state index contributed by atoms with van der Waals surface area (Å²) in [4.78, 5) is 19.3. The Morgan fingerprint density at radius 2 is 1.89 bits per heavy atom. The molecule has 1 aliphatic rings. The zero-order valence-electron chi connectivity index (χ0n) is 16.4. The van der Waals surface area contributed by atoms with Gasteiger partial charge in [0, 0.05) is 19.0 Å². The van der Waals surface area contributed by atoms with Crippen LogP contribution in [0.15, 0.2) is 52.9 Å². The summed E-state index contributed by atoms with van der Waals surface area (Å²) in [6, 6.07) is 15.8. The molecule has 1 amide bonds. The van der Waals surface area contributed by atoms with E-state index in [-0.39, 0.29) is 11.8 Å². The number of rotatable bonds is 5. The topological polar surface area (TPSA) is 55.6 Å². The minimum absolute atomic E-state index is 0.0376. The van der Waals surface area contributed by atoms with Gasteiger partial charge in [0.1, 0.15) is 11.3 Å². The van der Waals surface area contributed by atoms with Crippen LogP contribution < -0.4 is 4.74 Å². The maximum Gasteiger partial charge on any atom is 0.263 e. The summed E-state index contributed by atoms with van der Waals surface area (Å²) in [5.41, 5.74) is 2.98. The minimum Gasteiger partial charge on any atom is -0.481 e. The summed E-state index contributed by atoms with van der Waals surface area (Å²) < 4.78 is 11.8. The predicted octanol–water partition coefficient (Wildman–Crippen LogP) is 4.56. The molecule has 28 heavy (non-hydrogen) atoms. The average Bonchev–Trinajstić information content (AvgIpc) is 3.18. The van der Waals surface area contributed by atoms with Crippen molar-refractivity contribution in [2.75, 3.05) is 13.1 Å². The van der Waals surface area contributed by atoms with E-state index in [0.717, 1.165) is 42.0 Å². The van der Waals surface area contributed by atoms with Crippen LogP contribution in [-0.4, -0.2) is 35.0 Å². The number of carbonyl (C=O) groups excluding carboxylic acids is 1. The molecule has 3 aromatic rings. The van der Waals surface area contributed by atoms with Gasteiger partial charge in [-0.15, -0.1) is 0 Å². The third kappa shape index (κ3) is 3.88. The number of hydrogen-bond donors (Lipinski definition) is 0. The molecule has 2 aromatic carbocycles. The van der Waals surface area contributed by atoms with Crippen LogP contribution in [0.5, 0.6) is 5.75 Å². The van der Waals surface area contributed by atoms with Crippen LogP contribution in [0.1, 0.15) is 44.1 Å². The molecule has 0 radical (unpaired) electrons. The molecule has 0 saturated carbocycles. The quantitative estimate of drug-likeness (QED) is 0.653. The molecule has 1 aliphatic heterocycles. The molecule has 0 N–H and O–H groups in total. The Bertz CT molecular complexity index is 907. The van der Waals surface area contributed by atoms with Crippen LogP contribution in [0.4, 0.5) is 0 Å². The van der Waals surface area contributed by atoms with Gasteiger partial charge in [-0.05, 0) is 56.0 Å². The van der Waals surface area contributed by atoms with Crippen molar-refractivity contribution in [3.05, 3.63) is 60.0 Å². The van der Waals surface area contributed by atoms with Crippen LogP contribution in [0.3, 0.4) is 0 Å². The van der Waals surface area contributed by atoms with E-state index in [4.69, 9.17) is 9.15 Å². The second-order valence-electron chi connectivity index (χ2n) is 7.38. The fraction of sp³-hybridized carbons (Fsp3) is 0.391. The molecular weight excluding hydrogens is 352 g/mol. The molecule has 0 aliphatic carbocycles. The zero-order chi connectivity index (χ0) is 19.5. The highest BCUT2D eigenvalue weighted by Crippen LogP contribution is 2.30. The van der Waals surface area contributed by atoms with E-state index in [1.807, 2.05) is 60.4 Å². The first-order valence-electron chi connectivity index (χ1n) is 10.0. The molecule has 5 nitrogen and oxygen atoms in total. The van der Waals surface area contributed by atoms with Crippen molar-refractivity contribution in [1.29, 1.82) is 0 Å². The summed E-state index contributed by atoms with van der Waals surface area (Å²) in [7, 11) is 0. The molecule has 5 heteroatoms. The van der Waals surface area contributed by atoms with Crippen molar-refractivity contribution in [2.24, 2.45) is 0 Å². The number of ether oxygens (including phenoxy) is 1. The molecule has 0 spiro atoms. The van der Waals surface area contributed by atoms with E-state index in [2.05, 4.69) is 11.9 Å². The van der Waals surface area contributed by atoms with Crippen molar-refractivity contribution >= 4 is 17.0 Å². The molecule has 1 atom stereocenters. The fourth-order valence-corrected chi connectivity index (χ4v) is 3.73. The average molecular weight is 378 g/mol. The van der Waals surface area contributed by atoms with Gasteiger partial charge in [0.25, 0.3) is 5.91 Å². The molecule has 0 unspecified atom stereocenters.